The second kappa shape index (κ2) is 7.19. The largest absolute Gasteiger partial charge is 0.307 e. The Morgan fingerprint density at radius 2 is 1.88 bits per heavy atom. The Balaban J connectivity index is 1.85. The van der Waals surface area contributed by atoms with Crippen LogP contribution < -0.4 is 5.32 Å². The molecule has 136 valence electrons. The van der Waals surface area contributed by atoms with Crippen molar-refractivity contribution in [2.24, 2.45) is 0 Å². The highest BCUT2D eigenvalue weighted by molar-refractivity contribution is 7.96. The minimum absolute atomic E-state index is 0.144. The number of hydrogen-bond acceptors (Lipinski definition) is 6. The molecule has 1 aliphatic heterocycles. The second-order valence-corrected chi connectivity index (χ2v) is 11.6. The lowest BCUT2D eigenvalue weighted by molar-refractivity contribution is 0.528. The molecule has 2 heterocycles. The molecule has 1 aliphatic rings. The third-order valence-electron chi connectivity index (χ3n) is 4.48. The first-order chi connectivity index (χ1) is 11.8. The van der Waals surface area contributed by atoms with Gasteiger partial charge in [0.15, 0.2) is 19.7 Å². The van der Waals surface area contributed by atoms with E-state index in [1.807, 2.05) is 24.4 Å². The first-order valence-electron chi connectivity index (χ1n) is 8.11. The van der Waals surface area contributed by atoms with E-state index in [-0.39, 0.29) is 16.4 Å². The monoisotopic (exact) mass is 399 g/mol. The molecule has 0 spiro atoms. The SMILES string of the molecule is CCc1ccc(S(=O)(=O)[C@H]2CS(=O)(=O)C[C@@H]2NCc2cccs2)cc1. The molecule has 1 aromatic carbocycles. The van der Waals surface area contributed by atoms with Crippen LogP contribution in [0, 0.1) is 0 Å². The van der Waals surface area contributed by atoms with Crippen LogP contribution in [0.5, 0.6) is 0 Å². The fourth-order valence-corrected chi connectivity index (χ4v) is 8.42. The zero-order valence-electron chi connectivity index (χ0n) is 13.9. The molecule has 25 heavy (non-hydrogen) atoms. The molecule has 0 radical (unpaired) electrons. The van der Waals surface area contributed by atoms with E-state index in [1.54, 1.807) is 35.6 Å². The van der Waals surface area contributed by atoms with Crippen molar-refractivity contribution in [1.29, 1.82) is 0 Å². The van der Waals surface area contributed by atoms with Crippen LogP contribution in [0.4, 0.5) is 0 Å². The maximum atomic E-state index is 13.0. The molecule has 0 unspecified atom stereocenters. The molecule has 1 N–H and O–H groups in total. The molecule has 0 bridgehead atoms. The Labute approximate surface area is 152 Å². The predicted molar refractivity (Wildman–Crippen MR) is 100 cm³/mol. The van der Waals surface area contributed by atoms with Gasteiger partial charge in [-0.3, -0.25) is 0 Å². The summed E-state index contributed by atoms with van der Waals surface area (Å²) in [5, 5.41) is 4.12. The molecular formula is C17H21NO4S3. The molecule has 5 nitrogen and oxygen atoms in total. The van der Waals surface area contributed by atoms with E-state index in [0.717, 1.165) is 16.9 Å². The Morgan fingerprint density at radius 3 is 2.48 bits per heavy atom. The van der Waals surface area contributed by atoms with Gasteiger partial charge in [0.25, 0.3) is 0 Å². The van der Waals surface area contributed by atoms with E-state index >= 15 is 0 Å². The van der Waals surface area contributed by atoms with Crippen LogP contribution in [0.15, 0.2) is 46.7 Å². The average molecular weight is 400 g/mol. The van der Waals surface area contributed by atoms with Crippen molar-refractivity contribution in [2.45, 2.75) is 36.1 Å². The highest BCUT2D eigenvalue weighted by Gasteiger charge is 2.45. The quantitative estimate of drug-likeness (QED) is 0.804. The molecule has 0 aliphatic carbocycles. The summed E-state index contributed by atoms with van der Waals surface area (Å²) in [5.41, 5.74) is 1.05. The summed E-state index contributed by atoms with van der Waals surface area (Å²) in [4.78, 5) is 1.24. The van der Waals surface area contributed by atoms with Crippen LogP contribution in [0.1, 0.15) is 17.4 Å². The molecule has 2 aromatic rings. The molecule has 1 aromatic heterocycles. The molecule has 3 rings (SSSR count). The molecular weight excluding hydrogens is 378 g/mol. The summed E-state index contributed by atoms with van der Waals surface area (Å²) in [6.45, 7) is 2.47. The molecule has 0 saturated carbocycles. The maximum Gasteiger partial charge on any atom is 0.183 e. The van der Waals surface area contributed by atoms with Gasteiger partial charge in [-0.05, 0) is 35.6 Å². The number of sulfone groups is 2. The first kappa shape index (κ1) is 18.6. The number of nitrogens with one attached hydrogen (secondary N) is 1. The van der Waals surface area contributed by atoms with Crippen LogP contribution >= 0.6 is 11.3 Å². The van der Waals surface area contributed by atoms with E-state index in [4.69, 9.17) is 0 Å². The molecule has 1 fully saturated rings. The second-order valence-electron chi connectivity index (χ2n) is 6.22. The number of aryl methyl sites for hydroxylation is 1. The highest BCUT2D eigenvalue weighted by atomic mass is 32.2. The number of thiophene rings is 1. The average Bonchev–Trinajstić information content (AvgIpc) is 3.20. The summed E-state index contributed by atoms with van der Waals surface area (Å²) < 4.78 is 50.2. The molecule has 1 saturated heterocycles. The number of rotatable bonds is 6. The third kappa shape index (κ3) is 4.13. The zero-order chi connectivity index (χ0) is 18.1. The van der Waals surface area contributed by atoms with E-state index in [0.29, 0.717) is 6.54 Å². The van der Waals surface area contributed by atoms with Crippen molar-refractivity contribution in [3.63, 3.8) is 0 Å². The fourth-order valence-electron chi connectivity index (χ4n) is 3.05. The standard InChI is InChI=1S/C17H21NO4S3/c1-2-13-5-7-15(8-6-13)25(21,22)17-12-24(19,20)11-16(17)18-10-14-4-3-9-23-14/h3-9,16-18H,2,10-12H2,1H3/t16-,17-/m0/s1. The van der Waals surface area contributed by atoms with Gasteiger partial charge in [0.05, 0.1) is 21.7 Å². The normalized spacial score (nSPS) is 22.9. The molecule has 8 heteroatoms. The lowest BCUT2D eigenvalue weighted by Gasteiger charge is -2.20. The van der Waals surface area contributed by atoms with Gasteiger partial charge in [0.2, 0.25) is 0 Å². The lowest BCUT2D eigenvalue weighted by Crippen LogP contribution is -2.42. The van der Waals surface area contributed by atoms with Crippen molar-refractivity contribution < 1.29 is 16.8 Å². The van der Waals surface area contributed by atoms with Crippen molar-refractivity contribution in [2.75, 3.05) is 11.5 Å². The van der Waals surface area contributed by atoms with E-state index in [1.165, 1.54) is 0 Å². The van der Waals surface area contributed by atoms with E-state index in [2.05, 4.69) is 5.32 Å². The van der Waals surface area contributed by atoms with Crippen molar-refractivity contribution in [1.82, 2.24) is 5.32 Å². The van der Waals surface area contributed by atoms with Crippen molar-refractivity contribution in [3.8, 4) is 0 Å². The summed E-state index contributed by atoms with van der Waals surface area (Å²) in [7, 11) is -7.09. The van der Waals surface area contributed by atoms with Crippen LogP contribution in [-0.4, -0.2) is 39.6 Å². The Kier molecular flexibility index (Phi) is 5.34. The van der Waals surface area contributed by atoms with E-state index in [9.17, 15) is 16.8 Å². The zero-order valence-corrected chi connectivity index (χ0v) is 16.3. The van der Waals surface area contributed by atoms with Gasteiger partial charge < -0.3 is 5.32 Å². The topological polar surface area (TPSA) is 80.3 Å². The van der Waals surface area contributed by atoms with Crippen molar-refractivity contribution in [3.05, 3.63) is 52.2 Å². The van der Waals surface area contributed by atoms with Crippen LogP contribution in [-0.2, 0) is 32.6 Å². The summed E-state index contributed by atoms with van der Waals surface area (Å²) in [6, 6.07) is 9.98. The van der Waals surface area contributed by atoms with Gasteiger partial charge in [-0.15, -0.1) is 11.3 Å². The lowest BCUT2D eigenvalue weighted by atomic mass is 10.2. The molecule has 2 atom stereocenters. The number of benzene rings is 1. The van der Waals surface area contributed by atoms with Gasteiger partial charge in [-0.1, -0.05) is 25.1 Å². The maximum absolute atomic E-state index is 13.0. The molecule has 0 amide bonds. The highest BCUT2D eigenvalue weighted by Crippen LogP contribution is 2.26. The summed E-state index contributed by atoms with van der Waals surface area (Å²) in [6.07, 6.45) is 0.823. The van der Waals surface area contributed by atoms with Crippen LogP contribution in [0.2, 0.25) is 0 Å². The minimum Gasteiger partial charge on any atom is -0.307 e. The smallest absolute Gasteiger partial charge is 0.183 e. The minimum atomic E-state index is -3.71. The first-order valence-corrected chi connectivity index (χ1v) is 12.4. The summed E-state index contributed by atoms with van der Waals surface area (Å²) >= 11 is 1.55. The Morgan fingerprint density at radius 1 is 1.16 bits per heavy atom. The van der Waals surface area contributed by atoms with Gasteiger partial charge in [-0.2, -0.15) is 0 Å². The number of hydrogen-bond donors (Lipinski definition) is 1. The fraction of sp³-hybridized carbons (Fsp3) is 0.412. The Hall–Kier alpha value is -1.22. The van der Waals surface area contributed by atoms with Gasteiger partial charge >= 0.3 is 0 Å². The summed E-state index contributed by atoms with van der Waals surface area (Å²) in [5.74, 6) is -0.470. The van der Waals surface area contributed by atoms with Crippen LogP contribution in [0.25, 0.3) is 0 Å². The van der Waals surface area contributed by atoms with Gasteiger partial charge in [-0.25, -0.2) is 16.8 Å². The Bertz CT molecular complexity index is 917. The van der Waals surface area contributed by atoms with Crippen LogP contribution in [0.3, 0.4) is 0 Å². The predicted octanol–water partition coefficient (Wildman–Crippen LogP) is 2.04. The van der Waals surface area contributed by atoms with Crippen molar-refractivity contribution >= 4 is 31.0 Å². The van der Waals surface area contributed by atoms with E-state index < -0.39 is 31.0 Å². The van der Waals surface area contributed by atoms with Gasteiger partial charge in [0, 0.05) is 17.5 Å². The van der Waals surface area contributed by atoms with Gasteiger partial charge in [0.1, 0.15) is 0 Å². The third-order valence-corrected chi connectivity index (χ3v) is 9.52.